The van der Waals surface area contributed by atoms with E-state index in [0.29, 0.717) is 27.6 Å². The van der Waals surface area contributed by atoms with Crippen LogP contribution in [-0.4, -0.2) is 18.0 Å². The van der Waals surface area contributed by atoms with Gasteiger partial charge in [-0.05, 0) is 58.9 Å². The largest absolute Gasteiger partial charge is 0.416 e. The second-order valence-corrected chi connectivity index (χ2v) is 12.2. The summed E-state index contributed by atoms with van der Waals surface area (Å²) >= 11 is 12.6. The van der Waals surface area contributed by atoms with Crippen LogP contribution >= 0.6 is 23.2 Å². The number of carbonyl (C=O) groups excluding carboxylic acids is 1. The zero-order chi connectivity index (χ0) is 29.3. The first-order chi connectivity index (χ1) is 18.8. The van der Waals surface area contributed by atoms with E-state index >= 15 is 0 Å². The number of hydrogen-bond acceptors (Lipinski definition) is 3. The Hall–Kier alpha value is -3.05. The molecule has 1 aliphatic rings. The molecule has 1 amide bonds. The second kappa shape index (κ2) is 11.4. The molecule has 0 aliphatic carbocycles. The molecule has 4 atom stereocenters. The summed E-state index contributed by atoms with van der Waals surface area (Å²) in [6.07, 6.45) is -4.01. The molecule has 0 radical (unpaired) electrons. The molecule has 210 valence electrons. The zero-order valence-electron chi connectivity index (χ0n) is 22.3. The lowest BCUT2D eigenvalue weighted by molar-refractivity contribution is -0.138. The van der Waals surface area contributed by atoms with E-state index < -0.39 is 41.1 Å². The number of hydrogen-bond donors (Lipinski definition) is 2. The van der Waals surface area contributed by atoms with Gasteiger partial charge in [0.25, 0.3) is 0 Å². The van der Waals surface area contributed by atoms with Gasteiger partial charge in [-0.15, -0.1) is 0 Å². The summed E-state index contributed by atoms with van der Waals surface area (Å²) in [5.41, 5.74) is -0.931. The Kier molecular flexibility index (Phi) is 8.56. The molecule has 0 aromatic heterocycles. The van der Waals surface area contributed by atoms with E-state index in [0.717, 1.165) is 6.07 Å². The molecule has 1 aliphatic heterocycles. The Labute approximate surface area is 242 Å². The van der Waals surface area contributed by atoms with Gasteiger partial charge in [-0.1, -0.05) is 86.4 Å². The van der Waals surface area contributed by atoms with E-state index in [4.69, 9.17) is 23.2 Å². The number of benzene rings is 3. The molecule has 0 spiro atoms. The van der Waals surface area contributed by atoms with Crippen LogP contribution in [0, 0.1) is 16.7 Å². The van der Waals surface area contributed by atoms with E-state index in [1.54, 1.807) is 42.5 Å². The topological polar surface area (TPSA) is 64.9 Å². The third kappa shape index (κ3) is 6.15. The summed E-state index contributed by atoms with van der Waals surface area (Å²) in [6.45, 7) is 5.83. The minimum Gasteiger partial charge on any atom is -0.351 e. The fraction of sp³-hybridized carbons (Fsp3) is 0.355. The Morgan fingerprint density at radius 2 is 1.68 bits per heavy atom. The highest BCUT2D eigenvalue weighted by atomic mass is 35.5. The average molecular weight is 589 g/mol. The molecule has 4 rings (SSSR count). The average Bonchev–Trinajstić information content (AvgIpc) is 3.20. The number of nitriles is 1. The number of rotatable bonds is 6. The van der Waals surface area contributed by atoms with Crippen molar-refractivity contribution in [2.75, 3.05) is 0 Å². The van der Waals surface area contributed by atoms with Crippen molar-refractivity contribution in [3.63, 3.8) is 0 Å². The van der Waals surface area contributed by atoms with Gasteiger partial charge in [-0.25, -0.2) is 0 Å². The number of nitrogens with one attached hydrogen (secondary N) is 2. The monoisotopic (exact) mass is 587 g/mol. The zero-order valence-corrected chi connectivity index (χ0v) is 23.8. The van der Waals surface area contributed by atoms with Gasteiger partial charge in [0.2, 0.25) is 5.91 Å². The third-order valence-corrected chi connectivity index (χ3v) is 7.83. The molecule has 40 heavy (non-hydrogen) atoms. The number of nitrogens with zero attached hydrogens (tertiary/aromatic N) is 1. The molecule has 0 bridgehead atoms. The molecule has 1 fully saturated rings. The van der Waals surface area contributed by atoms with Gasteiger partial charge in [-0.3, -0.25) is 4.79 Å². The van der Waals surface area contributed by atoms with Crippen molar-refractivity contribution >= 4 is 29.1 Å². The summed E-state index contributed by atoms with van der Waals surface area (Å²) in [7, 11) is 0. The first-order valence-electron chi connectivity index (χ1n) is 12.9. The van der Waals surface area contributed by atoms with Crippen LogP contribution in [0.1, 0.15) is 55.4 Å². The normalized spacial score (nSPS) is 23.0. The summed E-state index contributed by atoms with van der Waals surface area (Å²) in [6, 6.07) is 20.3. The van der Waals surface area contributed by atoms with Crippen molar-refractivity contribution in [1.29, 1.82) is 5.26 Å². The number of halogens is 5. The fourth-order valence-corrected chi connectivity index (χ4v) is 6.03. The molecule has 3 aromatic carbocycles. The van der Waals surface area contributed by atoms with Crippen LogP contribution in [0.5, 0.6) is 0 Å². The first-order valence-corrected chi connectivity index (χ1v) is 13.6. The third-order valence-electron chi connectivity index (χ3n) is 7.34. The molecule has 4 nitrogen and oxygen atoms in total. The van der Waals surface area contributed by atoms with Crippen LogP contribution in [0.15, 0.2) is 72.8 Å². The van der Waals surface area contributed by atoms with Crippen molar-refractivity contribution in [3.05, 3.63) is 105 Å². The molecular weight excluding hydrogens is 558 g/mol. The van der Waals surface area contributed by atoms with Gasteiger partial charge >= 0.3 is 6.18 Å². The van der Waals surface area contributed by atoms with E-state index in [1.807, 2.05) is 6.07 Å². The maximum atomic E-state index is 13.8. The van der Waals surface area contributed by atoms with Crippen LogP contribution in [0.25, 0.3) is 0 Å². The van der Waals surface area contributed by atoms with Crippen LogP contribution in [0.2, 0.25) is 10.0 Å². The summed E-state index contributed by atoms with van der Waals surface area (Å²) in [5.74, 6) is -1.21. The highest BCUT2D eigenvalue weighted by molar-refractivity contribution is 6.30. The first kappa shape index (κ1) is 29.9. The predicted octanol–water partition coefficient (Wildman–Crippen LogP) is 7.65. The molecule has 3 aromatic rings. The Balaban J connectivity index is 1.81. The second-order valence-electron chi connectivity index (χ2n) is 11.4. The lowest BCUT2D eigenvalue weighted by atomic mass is 9.63. The van der Waals surface area contributed by atoms with Crippen molar-refractivity contribution in [2.45, 2.75) is 63.3 Å². The van der Waals surface area contributed by atoms with Crippen molar-refractivity contribution in [3.8, 4) is 6.07 Å². The van der Waals surface area contributed by atoms with E-state index in [2.05, 4.69) is 37.5 Å². The Morgan fingerprint density at radius 3 is 2.27 bits per heavy atom. The van der Waals surface area contributed by atoms with E-state index in [1.165, 1.54) is 18.2 Å². The van der Waals surface area contributed by atoms with Crippen molar-refractivity contribution in [2.24, 2.45) is 5.41 Å². The minimum atomic E-state index is -4.56. The highest BCUT2D eigenvalue weighted by Crippen LogP contribution is 2.51. The minimum absolute atomic E-state index is 0.0452. The predicted molar refractivity (Wildman–Crippen MR) is 151 cm³/mol. The van der Waals surface area contributed by atoms with Gasteiger partial charge in [-0.2, -0.15) is 18.4 Å². The number of amides is 1. The lowest BCUT2D eigenvalue weighted by Gasteiger charge is -2.37. The maximum Gasteiger partial charge on any atom is 0.416 e. The molecule has 1 heterocycles. The van der Waals surface area contributed by atoms with Gasteiger partial charge in [0.15, 0.2) is 0 Å². The molecule has 2 N–H and O–H groups in total. The quantitative estimate of drug-likeness (QED) is 0.311. The van der Waals surface area contributed by atoms with Crippen LogP contribution in [0.4, 0.5) is 13.2 Å². The van der Waals surface area contributed by atoms with Crippen LogP contribution in [-0.2, 0) is 22.9 Å². The number of alkyl halides is 3. The van der Waals surface area contributed by atoms with Gasteiger partial charge in [0, 0.05) is 28.5 Å². The molecule has 1 saturated heterocycles. The SMILES string of the molecule is CC(C)(C)CC1NC(C(=O)NCc2ccccc2C(F)(F)F)C(c2cccc(Cl)c2)C1(C#N)c1ccc(Cl)cc1. The standard InChI is InChI=1S/C31H30Cl2F3N3O/c1-29(2,3)16-25-30(18-37,21-11-13-22(32)14-12-21)26(19-8-6-9-23(33)15-19)27(39-25)28(40)38-17-20-7-4-5-10-24(20)31(34,35)36/h4-15,25-27,39H,16-17H2,1-3H3,(H,38,40). The molecule has 9 heteroatoms. The van der Waals surface area contributed by atoms with Crippen molar-refractivity contribution < 1.29 is 18.0 Å². The lowest BCUT2D eigenvalue weighted by Crippen LogP contribution is -2.45. The molecular formula is C31H30Cl2F3N3O. The smallest absolute Gasteiger partial charge is 0.351 e. The summed E-state index contributed by atoms with van der Waals surface area (Å²) in [4.78, 5) is 13.8. The fourth-order valence-electron chi connectivity index (χ4n) is 5.70. The van der Waals surface area contributed by atoms with Gasteiger partial charge < -0.3 is 10.6 Å². The van der Waals surface area contributed by atoms with Crippen molar-refractivity contribution in [1.82, 2.24) is 10.6 Å². The highest BCUT2D eigenvalue weighted by Gasteiger charge is 2.59. The van der Waals surface area contributed by atoms with Gasteiger partial charge in [0.05, 0.1) is 17.7 Å². The Bertz CT molecular complexity index is 1410. The van der Waals surface area contributed by atoms with E-state index in [9.17, 15) is 23.2 Å². The molecule has 0 saturated carbocycles. The summed E-state index contributed by atoms with van der Waals surface area (Å²) < 4.78 is 40.8. The van der Waals surface area contributed by atoms with Crippen LogP contribution < -0.4 is 10.6 Å². The van der Waals surface area contributed by atoms with Crippen LogP contribution in [0.3, 0.4) is 0 Å². The maximum absolute atomic E-state index is 13.8. The molecule has 4 unspecified atom stereocenters. The summed E-state index contributed by atoms with van der Waals surface area (Å²) in [5, 5.41) is 18.0. The number of carbonyl (C=O) groups is 1. The van der Waals surface area contributed by atoms with E-state index in [-0.39, 0.29) is 17.5 Å². The van der Waals surface area contributed by atoms with Gasteiger partial charge in [0.1, 0.15) is 5.41 Å². The Morgan fingerprint density at radius 1 is 1.00 bits per heavy atom.